The van der Waals surface area contributed by atoms with Crippen molar-refractivity contribution in [1.82, 2.24) is 30.0 Å². The predicted octanol–water partition coefficient (Wildman–Crippen LogP) is 4.16. The first-order valence-corrected chi connectivity index (χ1v) is 12.4. The summed E-state index contributed by atoms with van der Waals surface area (Å²) in [6.07, 6.45) is 11.0. The molecular weight excluding hydrogens is 450 g/mol. The van der Waals surface area contributed by atoms with Gasteiger partial charge in [0, 0.05) is 24.7 Å². The van der Waals surface area contributed by atoms with Gasteiger partial charge in [-0.25, -0.2) is 14.1 Å². The molecule has 178 valence electrons. The van der Waals surface area contributed by atoms with Crippen molar-refractivity contribution >= 4 is 21.0 Å². The smallest absolute Gasteiger partial charge is 0.270 e. The number of alkyl halides is 1. The lowest BCUT2D eigenvalue weighted by molar-refractivity contribution is 0.0917. The molecule has 2 atom stereocenters. The third kappa shape index (κ3) is 4.78. The average molecular weight is 481 g/mol. The monoisotopic (exact) mass is 480 g/mol. The molecule has 7 nitrogen and oxygen atoms in total. The van der Waals surface area contributed by atoms with E-state index in [1.165, 1.54) is 6.92 Å². The van der Waals surface area contributed by atoms with Gasteiger partial charge in [0.25, 0.3) is 5.91 Å². The number of carbonyl (C=O) groups is 1. The molecule has 3 aromatic rings. The number of nitrogens with one attached hydrogen (secondary N) is 2. The van der Waals surface area contributed by atoms with Crippen molar-refractivity contribution < 1.29 is 9.18 Å². The van der Waals surface area contributed by atoms with Crippen LogP contribution in [0.2, 0.25) is 0 Å². The molecule has 0 bridgehead atoms. The molecule has 0 spiro atoms. The van der Waals surface area contributed by atoms with Crippen molar-refractivity contribution in [3.63, 3.8) is 0 Å². The van der Waals surface area contributed by atoms with E-state index < -0.39 is 5.41 Å². The number of fused-ring (bicyclic) bond motifs is 1. The maximum atomic E-state index is 14.4. The van der Waals surface area contributed by atoms with Gasteiger partial charge in [-0.2, -0.15) is 5.10 Å². The number of imidazole rings is 1. The average Bonchev–Trinajstić information content (AvgIpc) is 3.49. The van der Waals surface area contributed by atoms with Gasteiger partial charge < -0.3 is 10.6 Å². The first-order valence-electron chi connectivity index (χ1n) is 11.8. The summed E-state index contributed by atoms with van der Waals surface area (Å²) in [5.41, 5.74) is 1.84. The molecule has 9 heteroatoms. The van der Waals surface area contributed by atoms with Crippen molar-refractivity contribution in [2.75, 3.05) is 0 Å². The third-order valence-electron chi connectivity index (χ3n) is 6.54. The molecule has 34 heavy (non-hydrogen) atoms. The second-order valence-corrected chi connectivity index (χ2v) is 10.3. The summed E-state index contributed by atoms with van der Waals surface area (Å²) in [6.45, 7) is 1.51. The Morgan fingerprint density at radius 2 is 1.88 bits per heavy atom. The van der Waals surface area contributed by atoms with Gasteiger partial charge in [0.05, 0.1) is 17.6 Å². The zero-order chi connectivity index (χ0) is 23.7. The van der Waals surface area contributed by atoms with Crippen molar-refractivity contribution in [1.29, 1.82) is 0 Å². The van der Waals surface area contributed by atoms with Gasteiger partial charge in [0.1, 0.15) is 17.3 Å². The molecule has 3 heterocycles. The van der Waals surface area contributed by atoms with Crippen LogP contribution in [0.25, 0.3) is 11.5 Å². The second-order valence-electron chi connectivity index (χ2n) is 9.25. The van der Waals surface area contributed by atoms with E-state index in [0.717, 1.165) is 55.9 Å². The van der Waals surface area contributed by atoms with E-state index in [9.17, 15) is 9.18 Å². The number of hydrogen-bond donors (Lipinski definition) is 2. The fourth-order valence-corrected chi connectivity index (χ4v) is 4.84. The van der Waals surface area contributed by atoms with Crippen LogP contribution in [0.1, 0.15) is 61.0 Å². The second kappa shape index (κ2) is 9.34. The lowest BCUT2D eigenvalue weighted by Crippen LogP contribution is -2.42. The first kappa shape index (κ1) is 22.8. The lowest BCUT2D eigenvalue weighted by atomic mass is 9.91. The van der Waals surface area contributed by atoms with Crippen LogP contribution in [0.4, 0.5) is 4.39 Å². The highest BCUT2D eigenvalue weighted by Gasteiger charge is 2.28. The Bertz CT molecular complexity index is 1190. The van der Waals surface area contributed by atoms with Gasteiger partial charge in [0.15, 0.2) is 5.41 Å². The Balaban J connectivity index is 1.18. The van der Waals surface area contributed by atoms with Crippen LogP contribution in [-0.2, 0) is 11.8 Å². The Hall–Kier alpha value is -2.99. The zero-order valence-corrected chi connectivity index (χ0v) is 20.4. The zero-order valence-electron chi connectivity index (χ0n) is 19.2. The van der Waals surface area contributed by atoms with Crippen molar-refractivity contribution in [3.8, 4) is 5.69 Å². The largest absolute Gasteiger partial charge is 0.369 e. The number of amides is 1. The van der Waals surface area contributed by atoms with E-state index in [1.807, 2.05) is 34.9 Å². The van der Waals surface area contributed by atoms with Crippen LogP contribution in [0.5, 0.6) is 0 Å². The highest BCUT2D eigenvalue weighted by molar-refractivity contribution is 7.18. The van der Waals surface area contributed by atoms with Crippen molar-refractivity contribution in [2.45, 2.75) is 62.9 Å². The number of aryl methyl sites for hydroxylation is 1. The van der Waals surface area contributed by atoms with Crippen LogP contribution < -0.4 is 10.6 Å². The highest BCUT2D eigenvalue weighted by atomic mass is 31.0. The summed E-state index contributed by atoms with van der Waals surface area (Å²) >= 11 is 0. The molecule has 0 radical (unpaired) electrons. The van der Waals surface area contributed by atoms with Gasteiger partial charge >= 0.3 is 0 Å². The number of benzene rings is 1. The number of allylic oxidation sites excluding steroid dienone is 1. The fraction of sp³-hybridized carbons (Fsp3) is 0.400. The first-order chi connectivity index (χ1) is 16.4. The Labute approximate surface area is 201 Å². The van der Waals surface area contributed by atoms with Gasteiger partial charge in [-0.1, -0.05) is 27.4 Å². The molecule has 5 rings (SSSR count). The lowest BCUT2D eigenvalue weighted by Gasteiger charge is -2.32. The van der Waals surface area contributed by atoms with Crippen LogP contribution in [-0.4, -0.2) is 37.3 Å². The van der Waals surface area contributed by atoms with E-state index in [1.54, 1.807) is 23.1 Å². The molecule has 1 saturated carbocycles. The maximum absolute atomic E-state index is 14.4. The molecule has 2 unspecified atom stereocenters. The Morgan fingerprint density at radius 3 is 2.62 bits per heavy atom. The Kier molecular flexibility index (Phi) is 6.26. The van der Waals surface area contributed by atoms with Crippen molar-refractivity contribution in [2.24, 2.45) is 0 Å². The van der Waals surface area contributed by atoms with E-state index in [0.29, 0.717) is 17.4 Å². The fourth-order valence-electron chi connectivity index (χ4n) is 4.70. The molecule has 2 aromatic heterocycles. The Morgan fingerprint density at radius 1 is 1.15 bits per heavy atom. The van der Waals surface area contributed by atoms with Gasteiger partial charge in [-0.15, -0.1) is 0 Å². The minimum Gasteiger partial charge on any atom is -0.369 e. The SMILES string of the molecule is CC(F)(P)c1cn2c(n1)CCC=C2NC1CCC(NC(=O)c2ccnn2-c2ccccc2)CC1. The van der Waals surface area contributed by atoms with E-state index in [2.05, 4.69) is 36.0 Å². The molecular formula is C25H30FN6OP. The summed E-state index contributed by atoms with van der Waals surface area (Å²) in [4.78, 5) is 17.4. The third-order valence-corrected chi connectivity index (χ3v) is 6.83. The number of rotatable bonds is 6. The maximum Gasteiger partial charge on any atom is 0.270 e. The van der Waals surface area contributed by atoms with Gasteiger partial charge in [0.2, 0.25) is 0 Å². The normalized spacial score (nSPS) is 21.8. The van der Waals surface area contributed by atoms with Gasteiger partial charge in [-0.3, -0.25) is 9.36 Å². The minimum absolute atomic E-state index is 0.102. The molecule has 1 aliphatic heterocycles. The van der Waals surface area contributed by atoms with Crippen LogP contribution in [0, 0.1) is 0 Å². The number of carbonyl (C=O) groups excluding carboxylic acids is 1. The molecule has 0 saturated heterocycles. The number of nitrogens with zero attached hydrogens (tertiary/aromatic N) is 4. The molecule has 1 fully saturated rings. The quantitative estimate of drug-likeness (QED) is 0.520. The molecule has 1 amide bonds. The number of halogens is 1. The van der Waals surface area contributed by atoms with Gasteiger partial charge in [-0.05, 0) is 63.3 Å². The summed E-state index contributed by atoms with van der Waals surface area (Å²) < 4.78 is 18.0. The van der Waals surface area contributed by atoms with Crippen molar-refractivity contribution in [3.05, 3.63) is 72.1 Å². The summed E-state index contributed by atoms with van der Waals surface area (Å²) in [7, 11) is 2.22. The number of hydrogen-bond acceptors (Lipinski definition) is 4. The van der Waals surface area contributed by atoms with Crippen LogP contribution in [0.3, 0.4) is 0 Å². The van der Waals surface area contributed by atoms with Crippen LogP contribution >= 0.6 is 9.24 Å². The topological polar surface area (TPSA) is 76.8 Å². The number of aromatic nitrogens is 4. The standard InChI is InChI=1S/C25H30FN6OP/c1-25(26,34)21-16-31-22(8-5-9-23(31)30-21)28-17-10-12-18(13-11-17)29-24(33)20-14-15-27-32(20)19-6-3-2-4-7-19/h2-4,6-8,14-18,28H,5,9-13,34H2,1H3,(H,29,33). The molecule has 2 N–H and O–H groups in total. The summed E-state index contributed by atoms with van der Waals surface area (Å²) in [5.74, 6) is 1.77. The molecule has 2 aliphatic rings. The predicted molar refractivity (Wildman–Crippen MR) is 133 cm³/mol. The minimum atomic E-state index is -1.54. The molecule has 1 aromatic carbocycles. The van der Waals surface area contributed by atoms with E-state index >= 15 is 0 Å². The summed E-state index contributed by atoms with van der Waals surface area (Å²) in [6, 6.07) is 11.9. The molecule has 1 aliphatic carbocycles. The summed E-state index contributed by atoms with van der Waals surface area (Å²) in [5, 5.41) is 9.61. The number of para-hydroxylation sites is 1. The van der Waals surface area contributed by atoms with Crippen LogP contribution in [0.15, 0.2) is 54.9 Å². The van der Waals surface area contributed by atoms with E-state index in [-0.39, 0.29) is 11.9 Å². The highest BCUT2D eigenvalue weighted by Crippen LogP contribution is 2.33. The van der Waals surface area contributed by atoms with E-state index in [4.69, 9.17) is 0 Å².